The normalized spacial score (nSPS) is 16.8. The average Bonchev–Trinajstić information content (AvgIpc) is 1.96. The van der Waals surface area contributed by atoms with Gasteiger partial charge in [-0.1, -0.05) is 0 Å². The Bertz CT molecular complexity index is 196. The third-order valence-electron chi connectivity index (χ3n) is 2.36. The molecule has 4 nitrogen and oxygen atoms in total. The molecule has 0 radical (unpaired) electrons. The van der Waals surface area contributed by atoms with Gasteiger partial charge in [-0.2, -0.15) is 0 Å². The summed E-state index contributed by atoms with van der Waals surface area (Å²) in [5.74, 6) is -0.868. The van der Waals surface area contributed by atoms with Gasteiger partial charge in [0.25, 0.3) is 0 Å². The van der Waals surface area contributed by atoms with Crippen molar-refractivity contribution in [2.45, 2.75) is 52.3 Å². The molecule has 0 bridgehead atoms. The van der Waals surface area contributed by atoms with E-state index in [-0.39, 0.29) is 18.1 Å². The number of carboxylic acids is 1. The van der Waals surface area contributed by atoms with E-state index >= 15 is 0 Å². The van der Waals surface area contributed by atoms with Gasteiger partial charge in [-0.25, -0.2) is 0 Å². The Morgan fingerprint density at radius 3 is 2.00 bits per heavy atom. The van der Waals surface area contributed by atoms with E-state index in [4.69, 9.17) is 5.11 Å². The number of aliphatic carboxylic acids is 1. The molecule has 2 unspecified atom stereocenters. The fourth-order valence-corrected chi connectivity index (χ4v) is 1.40. The van der Waals surface area contributed by atoms with Gasteiger partial charge in [0.2, 0.25) is 0 Å². The third-order valence-corrected chi connectivity index (χ3v) is 2.36. The van der Waals surface area contributed by atoms with Gasteiger partial charge in [-0.15, -0.1) is 0 Å². The Morgan fingerprint density at radius 1 is 1.36 bits per heavy atom. The number of rotatable bonds is 4. The van der Waals surface area contributed by atoms with Gasteiger partial charge in [-0.05, 0) is 34.6 Å². The molecule has 0 spiro atoms. The molecule has 0 aliphatic heterocycles. The maximum Gasteiger partial charge on any atom is 0.317 e. The van der Waals surface area contributed by atoms with Gasteiger partial charge >= 0.3 is 5.97 Å². The lowest BCUT2D eigenvalue weighted by Crippen LogP contribution is -2.52. The summed E-state index contributed by atoms with van der Waals surface area (Å²) in [5, 5.41) is 18.2. The van der Waals surface area contributed by atoms with Crippen LogP contribution in [-0.2, 0) is 4.79 Å². The fraction of sp³-hybridized carbons (Fsp3) is 0.900. The number of carbonyl (C=O) groups is 1. The Hall–Kier alpha value is -0.610. The zero-order valence-electron chi connectivity index (χ0n) is 9.61. The highest BCUT2D eigenvalue weighted by molar-refractivity contribution is 5.69. The van der Waals surface area contributed by atoms with Gasteiger partial charge < -0.3 is 10.2 Å². The first-order valence-corrected chi connectivity index (χ1v) is 4.83. The first kappa shape index (κ1) is 13.4. The van der Waals surface area contributed by atoms with Crippen LogP contribution in [0.3, 0.4) is 0 Å². The second-order valence-electron chi connectivity index (χ2n) is 4.67. The van der Waals surface area contributed by atoms with Crippen LogP contribution in [0.25, 0.3) is 0 Å². The van der Waals surface area contributed by atoms with Crippen molar-refractivity contribution < 1.29 is 15.0 Å². The van der Waals surface area contributed by atoms with E-state index in [1.807, 2.05) is 27.7 Å². The monoisotopic (exact) mass is 203 g/mol. The molecule has 2 atom stereocenters. The first-order valence-electron chi connectivity index (χ1n) is 4.83. The van der Waals surface area contributed by atoms with Gasteiger partial charge in [0.1, 0.15) is 0 Å². The summed E-state index contributed by atoms with van der Waals surface area (Å²) in [5.41, 5.74) is -0.255. The van der Waals surface area contributed by atoms with Gasteiger partial charge in [-0.3, -0.25) is 9.69 Å². The molecule has 0 saturated heterocycles. The van der Waals surface area contributed by atoms with Crippen LogP contribution in [0.2, 0.25) is 0 Å². The van der Waals surface area contributed by atoms with Crippen LogP contribution >= 0.6 is 0 Å². The summed E-state index contributed by atoms with van der Waals surface area (Å²) in [6.07, 6.45) is -0.534. The zero-order valence-corrected chi connectivity index (χ0v) is 9.61. The van der Waals surface area contributed by atoms with E-state index in [9.17, 15) is 9.90 Å². The minimum Gasteiger partial charge on any atom is -0.480 e. The predicted octanol–water partition coefficient (Wildman–Crippen LogP) is 0.941. The molecule has 4 heteroatoms. The van der Waals surface area contributed by atoms with E-state index in [2.05, 4.69) is 0 Å². The molecule has 84 valence electrons. The van der Waals surface area contributed by atoms with E-state index in [0.717, 1.165) is 0 Å². The van der Waals surface area contributed by atoms with Crippen molar-refractivity contribution in [2.24, 2.45) is 0 Å². The molecule has 0 fully saturated rings. The van der Waals surface area contributed by atoms with E-state index in [1.54, 1.807) is 11.8 Å². The Morgan fingerprint density at radius 2 is 1.79 bits per heavy atom. The highest BCUT2D eigenvalue weighted by atomic mass is 16.4. The molecule has 0 aliphatic carbocycles. The van der Waals surface area contributed by atoms with Crippen molar-refractivity contribution in [3.8, 4) is 0 Å². The highest BCUT2D eigenvalue weighted by Gasteiger charge is 2.30. The van der Waals surface area contributed by atoms with Crippen LogP contribution in [0.4, 0.5) is 0 Å². The van der Waals surface area contributed by atoms with E-state index in [1.165, 1.54) is 0 Å². The van der Waals surface area contributed by atoms with Crippen molar-refractivity contribution in [3.63, 3.8) is 0 Å². The lowest BCUT2D eigenvalue weighted by Gasteiger charge is -2.40. The summed E-state index contributed by atoms with van der Waals surface area (Å²) in [6.45, 7) is 9.28. The molecule has 0 rings (SSSR count). The summed E-state index contributed by atoms with van der Waals surface area (Å²) >= 11 is 0. The van der Waals surface area contributed by atoms with Crippen molar-refractivity contribution in [3.05, 3.63) is 0 Å². The van der Waals surface area contributed by atoms with Crippen LogP contribution in [0.1, 0.15) is 34.6 Å². The van der Waals surface area contributed by atoms with Crippen molar-refractivity contribution >= 4 is 5.97 Å². The molecule has 0 heterocycles. The van der Waals surface area contributed by atoms with Crippen molar-refractivity contribution in [1.82, 2.24) is 4.90 Å². The molecule has 0 aliphatic rings. The zero-order chi connectivity index (χ0) is 11.5. The molecule has 0 saturated carbocycles. The molecule has 0 aromatic rings. The van der Waals surface area contributed by atoms with Crippen LogP contribution in [0.15, 0.2) is 0 Å². The second-order valence-corrected chi connectivity index (χ2v) is 4.67. The van der Waals surface area contributed by atoms with Crippen molar-refractivity contribution in [1.29, 1.82) is 0 Å². The van der Waals surface area contributed by atoms with Crippen LogP contribution in [0.5, 0.6) is 0 Å². The summed E-state index contributed by atoms with van der Waals surface area (Å²) in [4.78, 5) is 12.4. The Labute approximate surface area is 85.5 Å². The van der Waals surface area contributed by atoms with Gasteiger partial charge in [0.05, 0.1) is 12.6 Å². The molecule has 0 aromatic carbocycles. The average molecular weight is 203 g/mol. The summed E-state index contributed by atoms with van der Waals surface area (Å²) < 4.78 is 0. The largest absolute Gasteiger partial charge is 0.480 e. The number of carboxylic acid groups (broad SMARTS) is 1. The molecule has 14 heavy (non-hydrogen) atoms. The topological polar surface area (TPSA) is 60.8 Å². The molecular weight excluding hydrogens is 182 g/mol. The third kappa shape index (κ3) is 4.07. The van der Waals surface area contributed by atoms with E-state index in [0.29, 0.717) is 0 Å². The molecule has 0 amide bonds. The number of hydrogen-bond acceptors (Lipinski definition) is 3. The van der Waals surface area contributed by atoms with Gasteiger partial charge in [0.15, 0.2) is 0 Å². The predicted molar refractivity (Wildman–Crippen MR) is 55.2 cm³/mol. The quantitative estimate of drug-likeness (QED) is 0.714. The lowest BCUT2D eigenvalue weighted by atomic mass is 10.0. The summed E-state index contributed by atoms with van der Waals surface area (Å²) in [7, 11) is 0. The molecule has 2 N–H and O–H groups in total. The second kappa shape index (κ2) is 4.75. The summed E-state index contributed by atoms with van der Waals surface area (Å²) in [6, 6.07) is -0.161. The van der Waals surface area contributed by atoms with Crippen LogP contribution in [-0.4, -0.2) is 45.3 Å². The van der Waals surface area contributed by atoms with Crippen LogP contribution < -0.4 is 0 Å². The molecular formula is C10H21NO3. The van der Waals surface area contributed by atoms with E-state index < -0.39 is 12.1 Å². The smallest absolute Gasteiger partial charge is 0.317 e. The van der Waals surface area contributed by atoms with Crippen LogP contribution in [0, 0.1) is 0 Å². The highest BCUT2D eigenvalue weighted by Crippen LogP contribution is 2.18. The standard InChI is InChI=1S/C10H21NO3/c1-7(8(2)12)11(6-9(13)14)10(3,4)5/h7-8,12H,6H2,1-5H3,(H,13,14). The first-order chi connectivity index (χ1) is 6.16. The maximum atomic E-state index is 10.7. The number of aliphatic hydroxyl groups is 1. The minimum atomic E-state index is -0.868. The lowest BCUT2D eigenvalue weighted by molar-refractivity contribution is -0.141. The Kier molecular flexibility index (Phi) is 4.55. The van der Waals surface area contributed by atoms with Crippen molar-refractivity contribution in [2.75, 3.05) is 6.54 Å². The maximum absolute atomic E-state index is 10.7. The molecule has 0 aromatic heterocycles. The van der Waals surface area contributed by atoms with Gasteiger partial charge in [0, 0.05) is 11.6 Å². The number of nitrogens with zero attached hydrogens (tertiary/aromatic N) is 1. The fourth-order valence-electron chi connectivity index (χ4n) is 1.40. The number of hydrogen-bond donors (Lipinski definition) is 2. The number of aliphatic hydroxyl groups excluding tert-OH is 1. The minimum absolute atomic E-state index is 0.0461. The Balaban J connectivity index is 4.64. The SMILES string of the molecule is CC(O)C(C)N(CC(=O)O)C(C)(C)C.